The van der Waals surface area contributed by atoms with Crippen LogP contribution in [-0.2, 0) is 12.2 Å². The molecule has 0 aliphatic carbocycles. The summed E-state index contributed by atoms with van der Waals surface area (Å²) < 4.78 is 17.5. The summed E-state index contributed by atoms with van der Waals surface area (Å²) >= 11 is 3.41. The van der Waals surface area contributed by atoms with Crippen molar-refractivity contribution in [3.05, 3.63) is 16.4 Å². The zero-order chi connectivity index (χ0) is 13.2. The van der Waals surface area contributed by atoms with Crippen LogP contribution in [-0.4, -0.2) is 22.4 Å². The standard InChI is InChI=1S/C13H21BrFN3/c1-3-18-12(11(14)9-17-18)13(2,15)8-10-6-4-5-7-16-10/h9-10,16H,3-8H2,1-2H3. The Labute approximate surface area is 116 Å². The second-order valence-electron chi connectivity index (χ2n) is 5.21. The fraction of sp³-hybridized carbons (Fsp3) is 0.769. The highest BCUT2D eigenvalue weighted by atomic mass is 79.9. The Kier molecular flexibility index (Phi) is 4.43. The Bertz CT molecular complexity index is 397. The number of halogens is 2. The van der Waals surface area contributed by atoms with E-state index in [9.17, 15) is 0 Å². The maximum Gasteiger partial charge on any atom is 0.152 e. The Morgan fingerprint density at radius 1 is 1.61 bits per heavy atom. The van der Waals surface area contributed by atoms with Gasteiger partial charge < -0.3 is 5.32 Å². The molecule has 0 spiro atoms. The molecule has 1 fully saturated rings. The largest absolute Gasteiger partial charge is 0.314 e. The van der Waals surface area contributed by atoms with Crippen LogP contribution in [0, 0.1) is 0 Å². The monoisotopic (exact) mass is 317 g/mol. The van der Waals surface area contributed by atoms with Crippen LogP contribution >= 0.6 is 15.9 Å². The molecule has 0 aromatic carbocycles. The first kappa shape index (κ1) is 14.0. The van der Waals surface area contributed by atoms with Crippen molar-refractivity contribution in [3.8, 4) is 0 Å². The highest BCUT2D eigenvalue weighted by Gasteiger charge is 2.35. The summed E-state index contributed by atoms with van der Waals surface area (Å²) in [6.45, 7) is 5.35. The van der Waals surface area contributed by atoms with Crippen molar-refractivity contribution in [3.63, 3.8) is 0 Å². The topological polar surface area (TPSA) is 29.9 Å². The molecule has 1 saturated heterocycles. The van der Waals surface area contributed by atoms with E-state index in [-0.39, 0.29) is 6.04 Å². The van der Waals surface area contributed by atoms with Gasteiger partial charge in [0, 0.05) is 19.0 Å². The summed E-state index contributed by atoms with van der Waals surface area (Å²) in [5, 5.41) is 7.61. The summed E-state index contributed by atoms with van der Waals surface area (Å²) in [5.74, 6) is 0. The van der Waals surface area contributed by atoms with E-state index in [0.29, 0.717) is 18.7 Å². The quantitative estimate of drug-likeness (QED) is 0.922. The highest BCUT2D eigenvalue weighted by molar-refractivity contribution is 9.10. The first-order valence-electron chi connectivity index (χ1n) is 6.68. The van der Waals surface area contributed by atoms with Crippen molar-refractivity contribution < 1.29 is 4.39 Å². The zero-order valence-corrected chi connectivity index (χ0v) is 12.6. The molecule has 1 aliphatic heterocycles. The van der Waals surface area contributed by atoms with Gasteiger partial charge in [-0.15, -0.1) is 0 Å². The lowest BCUT2D eigenvalue weighted by Gasteiger charge is -2.30. The molecule has 2 heterocycles. The fourth-order valence-corrected chi connectivity index (χ4v) is 3.49. The first-order valence-corrected chi connectivity index (χ1v) is 7.48. The van der Waals surface area contributed by atoms with Gasteiger partial charge >= 0.3 is 0 Å². The van der Waals surface area contributed by atoms with Crippen molar-refractivity contribution >= 4 is 15.9 Å². The molecule has 0 saturated carbocycles. The van der Waals surface area contributed by atoms with Crippen LogP contribution in [0.5, 0.6) is 0 Å². The number of nitrogens with zero attached hydrogens (tertiary/aromatic N) is 2. The average Bonchev–Trinajstić information content (AvgIpc) is 2.72. The van der Waals surface area contributed by atoms with E-state index >= 15 is 4.39 Å². The van der Waals surface area contributed by atoms with Gasteiger partial charge in [0.05, 0.1) is 16.4 Å². The second kappa shape index (κ2) is 5.70. The second-order valence-corrected chi connectivity index (χ2v) is 6.06. The van der Waals surface area contributed by atoms with Crippen LogP contribution in [0.25, 0.3) is 0 Å². The van der Waals surface area contributed by atoms with Crippen molar-refractivity contribution in [1.82, 2.24) is 15.1 Å². The van der Waals surface area contributed by atoms with E-state index < -0.39 is 5.67 Å². The number of hydrogen-bond acceptors (Lipinski definition) is 2. The van der Waals surface area contributed by atoms with Gasteiger partial charge in [0.25, 0.3) is 0 Å². The number of alkyl halides is 1. The normalized spacial score (nSPS) is 23.9. The lowest BCUT2D eigenvalue weighted by Crippen LogP contribution is -2.39. The van der Waals surface area contributed by atoms with Crippen molar-refractivity contribution in [2.24, 2.45) is 0 Å². The molecule has 3 nitrogen and oxygen atoms in total. The maximum absolute atomic E-state index is 15.0. The summed E-state index contributed by atoms with van der Waals surface area (Å²) in [4.78, 5) is 0. The Balaban J connectivity index is 2.15. The minimum atomic E-state index is -1.35. The van der Waals surface area contributed by atoms with E-state index in [2.05, 4.69) is 26.3 Å². The molecule has 2 rings (SSSR count). The number of aromatic nitrogens is 2. The van der Waals surface area contributed by atoms with Crippen LogP contribution in [0.3, 0.4) is 0 Å². The maximum atomic E-state index is 15.0. The van der Waals surface area contributed by atoms with Gasteiger partial charge in [0.15, 0.2) is 5.67 Å². The third-order valence-corrected chi connectivity index (χ3v) is 4.21. The van der Waals surface area contributed by atoms with Gasteiger partial charge in [0.1, 0.15) is 0 Å². The predicted octanol–water partition coefficient (Wildman–Crippen LogP) is 3.38. The Morgan fingerprint density at radius 2 is 2.39 bits per heavy atom. The van der Waals surface area contributed by atoms with E-state index in [1.165, 1.54) is 12.8 Å². The van der Waals surface area contributed by atoms with Gasteiger partial charge in [-0.05, 0) is 49.2 Å². The number of hydrogen-bond donors (Lipinski definition) is 1. The SMILES string of the molecule is CCn1ncc(Br)c1C(C)(F)CC1CCCCN1. The minimum absolute atomic E-state index is 0.279. The lowest BCUT2D eigenvalue weighted by molar-refractivity contribution is 0.133. The molecule has 0 radical (unpaired) electrons. The smallest absolute Gasteiger partial charge is 0.152 e. The zero-order valence-electron chi connectivity index (χ0n) is 11.0. The molecule has 18 heavy (non-hydrogen) atoms. The van der Waals surface area contributed by atoms with Gasteiger partial charge in [-0.3, -0.25) is 4.68 Å². The summed E-state index contributed by atoms with van der Waals surface area (Å²) in [5.41, 5.74) is -0.683. The highest BCUT2D eigenvalue weighted by Crippen LogP contribution is 2.36. The van der Waals surface area contributed by atoms with E-state index in [0.717, 1.165) is 17.4 Å². The van der Waals surface area contributed by atoms with Gasteiger partial charge in [-0.25, -0.2) is 4.39 Å². The molecule has 5 heteroatoms. The van der Waals surface area contributed by atoms with Gasteiger partial charge in [-0.1, -0.05) is 6.42 Å². The Morgan fingerprint density at radius 3 is 3.00 bits per heavy atom. The molecule has 0 amide bonds. The molecule has 0 bridgehead atoms. The minimum Gasteiger partial charge on any atom is -0.314 e. The van der Waals surface area contributed by atoms with Crippen molar-refractivity contribution in [2.45, 2.75) is 57.8 Å². The van der Waals surface area contributed by atoms with Crippen LogP contribution in [0.4, 0.5) is 4.39 Å². The van der Waals surface area contributed by atoms with Gasteiger partial charge in [-0.2, -0.15) is 5.10 Å². The average molecular weight is 318 g/mol. The van der Waals surface area contributed by atoms with Crippen LogP contribution < -0.4 is 5.32 Å². The van der Waals surface area contributed by atoms with Crippen LogP contribution in [0.1, 0.15) is 45.2 Å². The molecule has 102 valence electrons. The van der Waals surface area contributed by atoms with Gasteiger partial charge in [0.2, 0.25) is 0 Å². The van der Waals surface area contributed by atoms with E-state index in [1.54, 1.807) is 17.8 Å². The Hall–Kier alpha value is -0.420. The molecular weight excluding hydrogens is 297 g/mol. The van der Waals surface area contributed by atoms with Crippen LogP contribution in [0.2, 0.25) is 0 Å². The molecule has 1 aromatic heterocycles. The number of aryl methyl sites for hydroxylation is 1. The number of rotatable bonds is 4. The lowest BCUT2D eigenvalue weighted by atomic mass is 9.90. The first-order chi connectivity index (χ1) is 8.54. The van der Waals surface area contributed by atoms with Crippen molar-refractivity contribution in [2.75, 3.05) is 6.54 Å². The predicted molar refractivity (Wildman–Crippen MR) is 74.3 cm³/mol. The van der Waals surface area contributed by atoms with Crippen LogP contribution in [0.15, 0.2) is 10.7 Å². The van der Waals surface area contributed by atoms with Crippen molar-refractivity contribution in [1.29, 1.82) is 0 Å². The van der Waals surface area contributed by atoms with E-state index in [4.69, 9.17) is 0 Å². The third-order valence-electron chi connectivity index (χ3n) is 3.63. The number of nitrogens with one attached hydrogen (secondary N) is 1. The third kappa shape index (κ3) is 2.94. The summed E-state index contributed by atoms with van der Waals surface area (Å²) in [6, 6.07) is 0.279. The number of piperidine rings is 1. The molecular formula is C13H21BrFN3. The molecule has 1 aromatic rings. The van der Waals surface area contributed by atoms with E-state index in [1.807, 2.05) is 6.92 Å². The summed E-state index contributed by atoms with van der Waals surface area (Å²) in [7, 11) is 0. The molecule has 1 aliphatic rings. The molecule has 2 atom stereocenters. The summed E-state index contributed by atoms with van der Waals surface area (Å²) in [6.07, 6.45) is 5.66. The fourth-order valence-electron chi connectivity index (χ4n) is 2.78. The molecule has 1 N–H and O–H groups in total. The molecule has 2 unspecified atom stereocenters.